The van der Waals surface area contributed by atoms with Gasteiger partial charge in [-0.15, -0.1) is 11.3 Å². The third-order valence-corrected chi connectivity index (χ3v) is 6.52. The minimum Gasteiger partial charge on any atom is -0.317 e. The molecule has 0 saturated carbocycles. The first kappa shape index (κ1) is 16.9. The molecule has 21 heavy (non-hydrogen) atoms. The topological polar surface area (TPSA) is 61.4 Å². The van der Waals surface area contributed by atoms with Crippen LogP contribution in [0.5, 0.6) is 0 Å². The largest absolute Gasteiger partial charge is 0.317 e. The van der Waals surface area contributed by atoms with E-state index in [2.05, 4.69) is 17.0 Å². The van der Waals surface area contributed by atoms with Gasteiger partial charge < -0.3 is 5.32 Å². The summed E-state index contributed by atoms with van der Waals surface area (Å²) in [6.45, 7) is 7.01. The molecule has 1 aromatic rings. The second-order valence-corrected chi connectivity index (χ2v) is 8.22. The van der Waals surface area contributed by atoms with Gasteiger partial charge >= 0.3 is 0 Å². The molecule has 1 aliphatic rings. The molecule has 0 radical (unpaired) electrons. The van der Waals surface area contributed by atoms with Crippen molar-refractivity contribution in [2.45, 2.75) is 32.7 Å². The molecule has 5 nitrogen and oxygen atoms in total. The van der Waals surface area contributed by atoms with Gasteiger partial charge in [0.1, 0.15) is 0 Å². The normalized spacial score (nSPS) is 22.3. The summed E-state index contributed by atoms with van der Waals surface area (Å²) in [4.78, 5) is 1.04. The number of nitrogens with one attached hydrogen (secondary N) is 2. The second-order valence-electron chi connectivity index (χ2n) is 5.53. The van der Waals surface area contributed by atoms with Crippen LogP contribution in [0.1, 0.15) is 37.6 Å². The smallest absolute Gasteiger partial charge is 0.280 e. The Kier molecular flexibility index (Phi) is 6.19. The molecular formula is C14H25N3O2S2. The standard InChI is InChI=1S/C14H25N3O2S2/c1-3-15-10-13-6-4-8-17(11-13)21(18,19)16-12(2)14-7-5-9-20-14/h5,7,9,12-13,15-16H,3-4,6,8,10-11H2,1-2H3. The Morgan fingerprint density at radius 2 is 2.33 bits per heavy atom. The molecule has 0 bridgehead atoms. The van der Waals surface area contributed by atoms with Crippen LogP contribution in [0.2, 0.25) is 0 Å². The minimum absolute atomic E-state index is 0.177. The molecule has 0 aliphatic carbocycles. The van der Waals surface area contributed by atoms with E-state index < -0.39 is 10.2 Å². The molecule has 2 N–H and O–H groups in total. The molecule has 2 atom stereocenters. The van der Waals surface area contributed by atoms with E-state index in [1.807, 2.05) is 24.4 Å². The summed E-state index contributed by atoms with van der Waals surface area (Å²) in [6.07, 6.45) is 2.03. The molecule has 1 aromatic heterocycles. The first-order valence-electron chi connectivity index (χ1n) is 7.54. The molecule has 2 rings (SSSR count). The summed E-state index contributed by atoms with van der Waals surface area (Å²) in [5.41, 5.74) is 0. The Labute approximate surface area is 131 Å². The van der Waals surface area contributed by atoms with Gasteiger partial charge in [0.05, 0.1) is 6.04 Å². The van der Waals surface area contributed by atoms with Gasteiger partial charge in [0.2, 0.25) is 0 Å². The first-order valence-corrected chi connectivity index (χ1v) is 9.86. The average molecular weight is 332 g/mol. The third-order valence-electron chi connectivity index (χ3n) is 3.80. The zero-order valence-electron chi connectivity index (χ0n) is 12.7. The van der Waals surface area contributed by atoms with Crippen LogP contribution in [0.25, 0.3) is 0 Å². The van der Waals surface area contributed by atoms with Gasteiger partial charge in [-0.2, -0.15) is 17.4 Å². The van der Waals surface area contributed by atoms with Gasteiger partial charge in [-0.25, -0.2) is 0 Å². The van der Waals surface area contributed by atoms with Crippen molar-refractivity contribution in [2.24, 2.45) is 5.92 Å². The van der Waals surface area contributed by atoms with E-state index in [4.69, 9.17) is 0 Å². The highest BCUT2D eigenvalue weighted by Gasteiger charge is 2.29. The molecule has 0 amide bonds. The van der Waals surface area contributed by atoms with Gasteiger partial charge in [-0.05, 0) is 50.2 Å². The summed E-state index contributed by atoms with van der Waals surface area (Å²) in [6, 6.07) is 3.73. The highest BCUT2D eigenvalue weighted by Crippen LogP contribution is 2.22. The Bertz CT molecular complexity index is 516. The van der Waals surface area contributed by atoms with E-state index in [1.54, 1.807) is 15.6 Å². The van der Waals surface area contributed by atoms with E-state index in [9.17, 15) is 8.42 Å². The van der Waals surface area contributed by atoms with Crippen LogP contribution in [0.4, 0.5) is 0 Å². The Hall–Kier alpha value is -0.470. The predicted molar refractivity (Wildman–Crippen MR) is 87.6 cm³/mol. The molecule has 0 aromatic carbocycles. The molecular weight excluding hydrogens is 306 g/mol. The van der Waals surface area contributed by atoms with Crippen LogP contribution in [0.15, 0.2) is 17.5 Å². The lowest BCUT2D eigenvalue weighted by atomic mass is 10.00. The second kappa shape index (κ2) is 7.69. The summed E-state index contributed by atoms with van der Waals surface area (Å²) in [5.74, 6) is 0.410. The third kappa shape index (κ3) is 4.75. The summed E-state index contributed by atoms with van der Waals surface area (Å²) in [5, 5.41) is 5.28. The van der Waals surface area contributed by atoms with Gasteiger partial charge in [-0.1, -0.05) is 13.0 Å². The van der Waals surface area contributed by atoms with Crippen molar-refractivity contribution in [3.63, 3.8) is 0 Å². The minimum atomic E-state index is -3.40. The molecule has 1 aliphatic heterocycles. The molecule has 7 heteroatoms. The zero-order valence-corrected chi connectivity index (χ0v) is 14.3. The molecule has 1 fully saturated rings. The molecule has 1 saturated heterocycles. The highest BCUT2D eigenvalue weighted by atomic mass is 32.2. The number of thiophene rings is 1. The van der Waals surface area contributed by atoms with Gasteiger partial charge in [0, 0.05) is 18.0 Å². The lowest BCUT2D eigenvalue weighted by molar-refractivity contribution is 0.258. The maximum Gasteiger partial charge on any atom is 0.280 e. The van der Waals surface area contributed by atoms with Crippen LogP contribution in [-0.2, 0) is 10.2 Å². The number of hydrogen-bond donors (Lipinski definition) is 2. The monoisotopic (exact) mass is 331 g/mol. The Balaban J connectivity index is 1.95. The quantitative estimate of drug-likeness (QED) is 0.803. The molecule has 0 spiro atoms. The van der Waals surface area contributed by atoms with Crippen molar-refractivity contribution < 1.29 is 8.42 Å². The SMILES string of the molecule is CCNCC1CCCN(S(=O)(=O)NC(C)c2cccs2)C1. The predicted octanol–water partition coefficient (Wildman–Crippen LogP) is 1.96. The van der Waals surface area contributed by atoms with E-state index in [0.717, 1.165) is 30.8 Å². The van der Waals surface area contributed by atoms with Crippen molar-refractivity contribution in [2.75, 3.05) is 26.2 Å². The van der Waals surface area contributed by atoms with Crippen LogP contribution in [0, 0.1) is 5.92 Å². The van der Waals surface area contributed by atoms with Gasteiger partial charge in [-0.3, -0.25) is 0 Å². The lowest BCUT2D eigenvalue weighted by Crippen LogP contribution is -2.48. The van der Waals surface area contributed by atoms with Gasteiger partial charge in [0.25, 0.3) is 10.2 Å². The van der Waals surface area contributed by atoms with Crippen molar-refractivity contribution in [3.05, 3.63) is 22.4 Å². The van der Waals surface area contributed by atoms with E-state index in [0.29, 0.717) is 19.0 Å². The highest BCUT2D eigenvalue weighted by molar-refractivity contribution is 7.87. The van der Waals surface area contributed by atoms with Crippen LogP contribution in [0.3, 0.4) is 0 Å². The fourth-order valence-corrected chi connectivity index (χ4v) is 4.96. The maximum absolute atomic E-state index is 12.5. The number of rotatable bonds is 7. The average Bonchev–Trinajstić information content (AvgIpc) is 2.99. The number of hydrogen-bond acceptors (Lipinski definition) is 4. The van der Waals surface area contributed by atoms with E-state index in [-0.39, 0.29) is 6.04 Å². The summed E-state index contributed by atoms with van der Waals surface area (Å²) < 4.78 is 29.4. The Morgan fingerprint density at radius 3 is 3.00 bits per heavy atom. The van der Waals surface area contributed by atoms with E-state index >= 15 is 0 Å². The summed E-state index contributed by atoms with van der Waals surface area (Å²) >= 11 is 1.57. The first-order chi connectivity index (χ1) is 10.0. The molecule has 120 valence electrons. The van der Waals surface area contributed by atoms with Crippen LogP contribution >= 0.6 is 11.3 Å². The lowest BCUT2D eigenvalue weighted by Gasteiger charge is -2.32. The van der Waals surface area contributed by atoms with Crippen LogP contribution < -0.4 is 10.0 Å². The molecule has 2 unspecified atom stereocenters. The number of nitrogens with zero attached hydrogens (tertiary/aromatic N) is 1. The fourth-order valence-electron chi connectivity index (χ4n) is 2.65. The van der Waals surface area contributed by atoms with Crippen molar-refractivity contribution in [3.8, 4) is 0 Å². The van der Waals surface area contributed by atoms with E-state index in [1.165, 1.54) is 0 Å². The fraction of sp³-hybridized carbons (Fsp3) is 0.714. The maximum atomic E-state index is 12.5. The van der Waals surface area contributed by atoms with Crippen LogP contribution in [-0.4, -0.2) is 38.9 Å². The van der Waals surface area contributed by atoms with Gasteiger partial charge in [0.15, 0.2) is 0 Å². The Morgan fingerprint density at radius 1 is 1.52 bits per heavy atom. The van der Waals surface area contributed by atoms with Crippen molar-refractivity contribution in [1.29, 1.82) is 0 Å². The number of piperidine rings is 1. The molecule has 2 heterocycles. The zero-order chi connectivity index (χ0) is 15.3. The van der Waals surface area contributed by atoms with Crippen molar-refractivity contribution in [1.82, 2.24) is 14.3 Å². The summed E-state index contributed by atoms with van der Waals surface area (Å²) in [7, 11) is -3.40. The van der Waals surface area contributed by atoms with Crippen molar-refractivity contribution >= 4 is 21.5 Å².